The predicted molar refractivity (Wildman–Crippen MR) is 78.0 cm³/mol. The van der Waals surface area contributed by atoms with Crippen molar-refractivity contribution >= 4 is 0 Å². The molecule has 0 radical (unpaired) electrons. The van der Waals surface area contributed by atoms with Crippen LogP contribution in [0.2, 0.25) is 0 Å². The van der Waals surface area contributed by atoms with Gasteiger partial charge in [-0.2, -0.15) is 0 Å². The van der Waals surface area contributed by atoms with Gasteiger partial charge in [0.15, 0.2) is 11.6 Å². The molecule has 1 aromatic carbocycles. The van der Waals surface area contributed by atoms with E-state index >= 15 is 0 Å². The maximum atomic E-state index is 13.2. The summed E-state index contributed by atoms with van der Waals surface area (Å²) >= 11 is 0. The van der Waals surface area contributed by atoms with Gasteiger partial charge in [-0.15, -0.1) is 0 Å². The van der Waals surface area contributed by atoms with Crippen molar-refractivity contribution in [3.63, 3.8) is 0 Å². The van der Waals surface area contributed by atoms with E-state index in [-0.39, 0.29) is 5.75 Å². The second kappa shape index (κ2) is 9.70. The van der Waals surface area contributed by atoms with Crippen LogP contribution in [0, 0.1) is 17.6 Å². The average Bonchev–Trinajstić information content (AvgIpc) is 2.40. The zero-order chi connectivity index (χ0) is 14.8. The van der Waals surface area contributed by atoms with E-state index in [0.29, 0.717) is 12.5 Å². The zero-order valence-electron chi connectivity index (χ0n) is 12.4. The number of rotatable bonds is 10. The van der Waals surface area contributed by atoms with Crippen molar-refractivity contribution in [2.75, 3.05) is 19.7 Å². The average molecular weight is 285 g/mol. The second-order valence-electron chi connectivity index (χ2n) is 5.44. The zero-order valence-corrected chi connectivity index (χ0v) is 12.4. The Labute approximate surface area is 120 Å². The summed E-state index contributed by atoms with van der Waals surface area (Å²) in [6, 6.07) is 3.27. The van der Waals surface area contributed by atoms with Gasteiger partial charge in [-0.05, 0) is 44.0 Å². The molecule has 4 heteroatoms. The molecule has 0 spiro atoms. The van der Waals surface area contributed by atoms with Crippen molar-refractivity contribution < 1.29 is 13.5 Å². The third-order valence-corrected chi connectivity index (χ3v) is 2.95. The highest BCUT2D eigenvalue weighted by atomic mass is 19.1. The molecule has 2 nitrogen and oxygen atoms in total. The first-order chi connectivity index (χ1) is 9.59. The molecule has 20 heavy (non-hydrogen) atoms. The lowest BCUT2D eigenvalue weighted by atomic mass is 10.2. The minimum absolute atomic E-state index is 0.00333. The lowest BCUT2D eigenvalue weighted by molar-refractivity contribution is 0.288. The van der Waals surface area contributed by atoms with Crippen LogP contribution in [0.5, 0.6) is 5.75 Å². The van der Waals surface area contributed by atoms with Gasteiger partial charge in [-0.25, -0.2) is 8.78 Å². The molecule has 0 aliphatic heterocycles. The van der Waals surface area contributed by atoms with E-state index in [1.54, 1.807) is 0 Å². The molecule has 0 bridgehead atoms. The molecule has 114 valence electrons. The molecule has 0 unspecified atom stereocenters. The summed E-state index contributed by atoms with van der Waals surface area (Å²) in [6.07, 6.45) is 4.17. The van der Waals surface area contributed by atoms with Crippen molar-refractivity contribution in [3.8, 4) is 5.75 Å². The summed E-state index contributed by atoms with van der Waals surface area (Å²) in [5.74, 6) is -0.296. The van der Waals surface area contributed by atoms with Gasteiger partial charge in [-0.3, -0.25) is 0 Å². The highest BCUT2D eigenvalue weighted by Gasteiger charge is 2.04. The van der Waals surface area contributed by atoms with E-state index in [0.717, 1.165) is 57.0 Å². The fraction of sp³-hybridized carbons (Fsp3) is 0.625. The molecule has 0 fully saturated rings. The lowest BCUT2D eigenvalue weighted by Gasteiger charge is -2.08. The third kappa shape index (κ3) is 7.43. The SMILES string of the molecule is CC(C)CNCCCCCCOc1cc(F)ccc1F. The first kappa shape index (κ1) is 16.9. The van der Waals surface area contributed by atoms with Gasteiger partial charge >= 0.3 is 0 Å². The van der Waals surface area contributed by atoms with Crippen molar-refractivity contribution in [3.05, 3.63) is 29.8 Å². The Morgan fingerprint density at radius 2 is 1.85 bits per heavy atom. The fourth-order valence-electron chi connectivity index (χ4n) is 1.87. The minimum Gasteiger partial charge on any atom is -0.490 e. The first-order valence-corrected chi connectivity index (χ1v) is 7.38. The Hall–Kier alpha value is -1.16. The molecule has 0 atom stereocenters. The Morgan fingerprint density at radius 1 is 1.10 bits per heavy atom. The van der Waals surface area contributed by atoms with E-state index in [9.17, 15) is 8.78 Å². The van der Waals surface area contributed by atoms with Gasteiger partial charge < -0.3 is 10.1 Å². The summed E-state index contributed by atoms with van der Waals surface area (Å²) in [5, 5.41) is 3.39. The summed E-state index contributed by atoms with van der Waals surface area (Å²) in [4.78, 5) is 0. The van der Waals surface area contributed by atoms with Gasteiger partial charge in [0, 0.05) is 6.07 Å². The van der Waals surface area contributed by atoms with Gasteiger partial charge in [0.05, 0.1) is 6.61 Å². The number of hydrogen-bond acceptors (Lipinski definition) is 2. The molecular weight excluding hydrogens is 260 g/mol. The van der Waals surface area contributed by atoms with Crippen LogP contribution in [0.1, 0.15) is 39.5 Å². The molecule has 1 N–H and O–H groups in total. The fourth-order valence-corrected chi connectivity index (χ4v) is 1.87. The maximum absolute atomic E-state index is 13.2. The molecule has 1 rings (SSSR count). The number of nitrogens with one attached hydrogen (secondary N) is 1. The molecule has 0 aliphatic rings. The molecule has 0 saturated carbocycles. The van der Waals surface area contributed by atoms with Gasteiger partial charge in [0.25, 0.3) is 0 Å². The number of ether oxygens (including phenoxy) is 1. The highest BCUT2D eigenvalue weighted by molar-refractivity contribution is 5.24. The lowest BCUT2D eigenvalue weighted by Crippen LogP contribution is -2.20. The molecule has 0 aromatic heterocycles. The number of benzene rings is 1. The quantitative estimate of drug-likeness (QED) is 0.652. The van der Waals surface area contributed by atoms with Gasteiger partial charge in [0.2, 0.25) is 0 Å². The summed E-state index contributed by atoms with van der Waals surface area (Å²) in [6.45, 7) is 6.91. The smallest absolute Gasteiger partial charge is 0.165 e. The van der Waals surface area contributed by atoms with E-state index in [1.807, 2.05) is 0 Å². The third-order valence-electron chi connectivity index (χ3n) is 2.95. The van der Waals surface area contributed by atoms with Gasteiger partial charge in [-0.1, -0.05) is 26.7 Å². The molecule has 0 saturated heterocycles. The van der Waals surface area contributed by atoms with Crippen molar-refractivity contribution in [2.24, 2.45) is 5.92 Å². The molecule has 0 aliphatic carbocycles. The molecule has 0 heterocycles. The number of unbranched alkanes of at least 4 members (excludes halogenated alkanes) is 3. The van der Waals surface area contributed by atoms with Crippen molar-refractivity contribution in [1.82, 2.24) is 5.32 Å². The van der Waals surface area contributed by atoms with Crippen LogP contribution in [-0.4, -0.2) is 19.7 Å². The molecule has 0 amide bonds. The van der Waals surface area contributed by atoms with Gasteiger partial charge in [0.1, 0.15) is 5.82 Å². The summed E-state index contributed by atoms with van der Waals surface area (Å²) < 4.78 is 31.4. The van der Waals surface area contributed by atoms with Crippen LogP contribution in [0.25, 0.3) is 0 Å². The Kier molecular flexibility index (Phi) is 8.19. The van der Waals surface area contributed by atoms with E-state index in [1.165, 1.54) is 0 Å². The highest BCUT2D eigenvalue weighted by Crippen LogP contribution is 2.18. The summed E-state index contributed by atoms with van der Waals surface area (Å²) in [7, 11) is 0. The van der Waals surface area contributed by atoms with E-state index in [2.05, 4.69) is 19.2 Å². The van der Waals surface area contributed by atoms with Crippen molar-refractivity contribution in [2.45, 2.75) is 39.5 Å². The standard InChI is InChI=1S/C16H25F2NO/c1-13(2)12-19-9-5-3-4-6-10-20-16-11-14(17)7-8-15(16)18/h7-8,11,13,19H,3-6,9-10,12H2,1-2H3. The van der Waals surface area contributed by atoms with Crippen LogP contribution in [-0.2, 0) is 0 Å². The van der Waals surface area contributed by atoms with E-state index < -0.39 is 11.6 Å². The van der Waals surface area contributed by atoms with Crippen LogP contribution in [0.3, 0.4) is 0 Å². The van der Waals surface area contributed by atoms with Crippen LogP contribution in [0.4, 0.5) is 8.78 Å². The normalized spacial score (nSPS) is 11.1. The maximum Gasteiger partial charge on any atom is 0.165 e. The number of hydrogen-bond donors (Lipinski definition) is 1. The largest absolute Gasteiger partial charge is 0.490 e. The Morgan fingerprint density at radius 3 is 2.60 bits per heavy atom. The topological polar surface area (TPSA) is 21.3 Å². The van der Waals surface area contributed by atoms with Crippen molar-refractivity contribution in [1.29, 1.82) is 0 Å². The monoisotopic (exact) mass is 285 g/mol. The second-order valence-corrected chi connectivity index (χ2v) is 5.44. The molecular formula is C16H25F2NO. The van der Waals surface area contributed by atoms with Crippen LogP contribution < -0.4 is 10.1 Å². The number of halogens is 2. The van der Waals surface area contributed by atoms with Crippen LogP contribution in [0.15, 0.2) is 18.2 Å². The minimum atomic E-state index is -0.510. The molecule has 1 aromatic rings. The predicted octanol–water partition coefficient (Wildman–Crippen LogP) is 4.15. The van der Waals surface area contributed by atoms with Crippen LogP contribution >= 0.6 is 0 Å². The summed E-state index contributed by atoms with van der Waals surface area (Å²) in [5.41, 5.74) is 0. The Balaban J connectivity index is 2.01. The Bertz CT molecular complexity index is 383. The first-order valence-electron chi connectivity index (χ1n) is 7.38. The van der Waals surface area contributed by atoms with E-state index in [4.69, 9.17) is 4.74 Å².